The third-order valence-electron chi connectivity index (χ3n) is 4.52. The molecule has 1 aromatic heterocycles. The first kappa shape index (κ1) is 16.5. The second kappa shape index (κ2) is 7.05. The van der Waals surface area contributed by atoms with Crippen molar-refractivity contribution in [2.45, 2.75) is 37.6 Å². The van der Waals surface area contributed by atoms with Gasteiger partial charge in [0, 0.05) is 30.1 Å². The van der Waals surface area contributed by atoms with Gasteiger partial charge < -0.3 is 20.1 Å². The number of hydrogen-bond acceptors (Lipinski definition) is 3. The smallest absolute Gasteiger partial charge is 0.305 e. The number of carboxylic acids is 1. The van der Waals surface area contributed by atoms with Gasteiger partial charge in [0.05, 0.1) is 18.6 Å². The van der Waals surface area contributed by atoms with E-state index in [1.807, 2.05) is 24.4 Å². The lowest BCUT2D eigenvalue weighted by Gasteiger charge is -2.27. The Bertz CT molecular complexity index is 731. The third kappa shape index (κ3) is 3.76. The van der Waals surface area contributed by atoms with Crippen molar-refractivity contribution in [2.24, 2.45) is 0 Å². The summed E-state index contributed by atoms with van der Waals surface area (Å²) in [6.45, 7) is 0.760. The van der Waals surface area contributed by atoms with Crippen molar-refractivity contribution < 1.29 is 19.4 Å². The van der Waals surface area contributed by atoms with Crippen LogP contribution in [0.25, 0.3) is 10.9 Å². The number of ether oxygens (including phenoxy) is 1. The van der Waals surface area contributed by atoms with Crippen LogP contribution in [0.3, 0.4) is 0 Å². The van der Waals surface area contributed by atoms with Crippen molar-refractivity contribution in [3.63, 3.8) is 0 Å². The standard InChI is InChI=1S/C18H22N2O4/c21-16(20-18(10-17(22)23)8-9-24-12-18)7-3-4-13-11-19-15-6-2-1-5-14(13)15/h1-2,5-6,11,19H,3-4,7-10,12H2,(H,20,21)(H,22,23). The Labute approximate surface area is 140 Å². The lowest BCUT2D eigenvalue weighted by Crippen LogP contribution is -2.50. The van der Waals surface area contributed by atoms with Gasteiger partial charge in [-0.3, -0.25) is 9.59 Å². The lowest BCUT2D eigenvalue weighted by molar-refractivity contribution is -0.139. The maximum absolute atomic E-state index is 12.2. The number of hydrogen-bond donors (Lipinski definition) is 3. The molecule has 0 bridgehead atoms. The Kier molecular flexibility index (Phi) is 4.85. The molecular formula is C18H22N2O4. The monoisotopic (exact) mass is 330 g/mol. The van der Waals surface area contributed by atoms with Crippen LogP contribution in [0, 0.1) is 0 Å². The van der Waals surface area contributed by atoms with Gasteiger partial charge in [-0.25, -0.2) is 0 Å². The molecule has 0 saturated carbocycles. The molecule has 1 aliphatic heterocycles. The zero-order chi connectivity index (χ0) is 17.0. The van der Waals surface area contributed by atoms with Crippen molar-refractivity contribution in [1.29, 1.82) is 0 Å². The van der Waals surface area contributed by atoms with Gasteiger partial charge in [-0.15, -0.1) is 0 Å². The molecular weight excluding hydrogens is 308 g/mol. The summed E-state index contributed by atoms with van der Waals surface area (Å²) in [6.07, 6.45) is 4.34. The summed E-state index contributed by atoms with van der Waals surface area (Å²) in [6, 6.07) is 8.09. The molecule has 0 radical (unpaired) electrons. The molecule has 6 nitrogen and oxygen atoms in total. The van der Waals surface area contributed by atoms with Crippen LogP contribution in [-0.4, -0.2) is 40.7 Å². The van der Waals surface area contributed by atoms with E-state index >= 15 is 0 Å². The fourth-order valence-corrected chi connectivity index (χ4v) is 3.32. The Hall–Kier alpha value is -2.34. The van der Waals surface area contributed by atoms with E-state index in [9.17, 15) is 9.59 Å². The van der Waals surface area contributed by atoms with Crippen LogP contribution in [0.5, 0.6) is 0 Å². The van der Waals surface area contributed by atoms with Gasteiger partial charge in [0.15, 0.2) is 0 Å². The van der Waals surface area contributed by atoms with Crippen molar-refractivity contribution in [3.05, 3.63) is 36.0 Å². The average molecular weight is 330 g/mol. The number of carboxylic acid groups (broad SMARTS) is 1. The maximum Gasteiger partial charge on any atom is 0.305 e. The molecule has 128 valence electrons. The molecule has 1 atom stereocenters. The molecule has 3 N–H and O–H groups in total. The SMILES string of the molecule is O=C(O)CC1(NC(=O)CCCc2c[nH]c3ccccc23)CCOC1. The zero-order valence-corrected chi connectivity index (χ0v) is 13.5. The average Bonchev–Trinajstić information content (AvgIpc) is 3.14. The Balaban J connectivity index is 1.53. The lowest BCUT2D eigenvalue weighted by atomic mass is 9.94. The first-order valence-electron chi connectivity index (χ1n) is 8.24. The molecule has 0 spiro atoms. The molecule has 1 amide bonds. The summed E-state index contributed by atoms with van der Waals surface area (Å²) in [5, 5.41) is 13.1. The number of para-hydroxylation sites is 1. The molecule has 1 unspecified atom stereocenters. The van der Waals surface area contributed by atoms with Crippen LogP contribution < -0.4 is 5.32 Å². The number of amides is 1. The molecule has 1 saturated heterocycles. The van der Waals surface area contributed by atoms with E-state index < -0.39 is 11.5 Å². The number of benzene rings is 1. The van der Waals surface area contributed by atoms with Gasteiger partial charge >= 0.3 is 5.97 Å². The van der Waals surface area contributed by atoms with Gasteiger partial charge in [0.25, 0.3) is 0 Å². The second-order valence-electron chi connectivity index (χ2n) is 6.41. The molecule has 0 aliphatic carbocycles. The fourth-order valence-electron chi connectivity index (χ4n) is 3.32. The van der Waals surface area contributed by atoms with Gasteiger partial charge in [-0.1, -0.05) is 18.2 Å². The zero-order valence-electron chi connectivity index (χ0n) is 13.5. The van der Waals surface area contributed by atoms with E-state index in [0.29, 0.717) is 19.4 Å². The van der Waals surface area contributed by atoms with Crippen LogP contribution in [0.1, 0.15) is 31.2 Å². The molecule has 24 heavy (non-hydrogen) atoms. The number of H-pyrrole nitrogens is 1. The van der Waals surface area contributed by atoms with Crippen LogP contribution >= 0.6 is 0 Å². The highest BCUT2D eigenvalue weighted by Crippen LogP contribution is 2.23. The quantitative estimate of drug-likeness (QED) is 0.726. The summed E-state index contributed by atoms with van der Waals surface area (Å²) in [5.41, 5.74) is 1.55. The topological polar surface area (TPSA) is 91.4 Å². The fraction of sp³-hybridized carbons (Fsp3) is 0.444. The van der Waals surface area contributed by atoms with E-state index in [4.69, 9.17) is 9.84 Å². The van der Waals surface area contributed by atoms with E-state index in [2.05, 4.69) is 16.4 Å². The summed E-state index contributed by atoms with van der Waals surface area (Å²) in [7, 11) is 0. The molecule has 6 heteroatoms. The van der Waals surface area contributed by atoms with E-state index in [0.717, 1.165) is 18.4 Å². The third-order valence-corrected chi connectivity index (χ3v) is 4.52. The second-order valence-corrected chi connectivity index (χ2v) is 6.41. The summed E-state index contributed by atoms with van der Waals surface area (Å²) in [5.74, 6) is -1.03. The molecule has 1 aliphatic rings. The molecule has 2 aromatic rings. The minimum absolute atomic E-state index is 0.0960. The van der Waals surface area contributed by atoms with Crippen LogP contribution in [0.2, 0.25) is 0 Å². The molecule has 3 rings (SSSR count). The summed E-state index contributed by atoms with van der Waals surface area (Å²) >= 11 is 0. The highest BCUT2D eigenvalue weighted by atomic mass is 16.5. The predicted octanol–water partition coefficient (Wildman–Crippen LogP) is 2.24. The number of carbonyl (C=O) groups is 2. The van der Waals surface area contributed by atoms with Gasteiger partial charge in [-0.2, -0.15) is 0 Å². The van der Waals surface area contributed by atoms with Crippen molar-refractivity contribution in [1.82, 2.24) is 10.3 Å². The molecule has 1 fully saturated rings. The van der Waals surface area contributed by atoms with Crippen LogP contribution in [0.4, 0.5) is 0 Å². The van der Waals surface area contributed by atoms with Gasteiger partial charge in [-0.05, 0) is 30.9 Å². The highest BCUT2D eigenvalue weighted by Gasteiger charge is 2.38. The van der Waals surface area contributed by atoms with E-state index in [1.165, 1.54) is 10.9 Å². The summed E-state index contributed by atoms with van der Waals surface area (Å²) < 4.78 is 5.29. The van der Waals surface area contributed by atoms with E-state index in [-0.39, 0.29) is 18.9 Å². The van der Waals surface area contributed by atoms with Gasteiger partial charge in [0.2, 0.25) is 5.91 Å². The predicted molar refractivity (Wildman–Crippen MR) is 89.8 cm³/mol. The van der Waals surface area contributed by atoms with Gasteiger partial charge in [0.1, 0.15) is 0 Å². The van der Waals surface area contributed by atoms with Crippen LogP contribution in [0.15, 0.2) is 30.5 Å². The maximum atomic E-state index is 12.2. The Morgan fingerprint density at radius 1 is 1.33 bits per heavy atom. The minimum atomic E-state index is -0.917. The number of fused-ring (bicyclic) bond motifs is 1. The number of aromatic amines is 1. The normalized spacial score (nSPS) is 20.3. The van der Waals surface area contributed by atoms with Crippen molar-refractivity contribution >= 4 is 22.8 Å². The number of nitrogens with one attached hydrogen (secondary N) is 2. The first-order valence-corrected chi connectivity index (χ1v) is 8.24. The van der Waals surface area contributed by atoms with E-state index in [1.54, 1.807) is 0 Å². The number of aromatic nitrogens is 1. The Morgan fingerprint density at radius 3 is 2.92 bits per heavy atom. The molecule has 1 aromatic carbocycles. The highest BCUT2D eigenvalue weighted by molar-refractivity contribution is 5.83. The largest absolute Gasteiger partial charge is 0.481 e. The number of aryl methyl sites for hydroxylation is 1. The van der Waals surface area contributed by atoms with Crippen LogP contribution in [-0.2, 0) is 20.7 Å². The first-order chi connectivity index (χ1) is 11.6. The molecule has 2 heterocycles. The van der Waals surface area contributed by atoms with Crippen molar-refractivity contribution in [3.8, 4) is 0 Å². The number of rotatable bonds is 7. The minimum Gasteiger partial charge on any atom is -0.481 e. The van der Waals surface area contributed by atoms with Crippen molar-refractivity contribution in [2.75, 3.05) is 13.2 Å². The summed E-state index contributed by atoms with van der Waals surface area (Å²) in [4.78, 5) is 26.5. The number of carbonyl (C=O) groups excluding carboxylic acids is 1. The number of aliphatic carboxylic acids is 1. The Morgan fingerprint density at radius 2 is 2.17 bits per heavy atom.